The van der Waals surface area contributed by atoms with Gasteiger partial charge in [0.15, 0.2) is 0 Å². The van der Waals surface area contributed by atoms with Gasteiger partial charge >= 0.3 is 12.7 Å². The zero-order valence-corrected chi connectivity index (χ0v) is 28.7. The number of aromatic amines is 2. The van der Waals surface area contributed by atoms with Crippen LogP contribution in [-0.2, 0) is 0 Å². The number of alkyl halides is 6. The molecule has 0 bridgehead atoms. The Morgan fingerprint density at radius 3 is 1.55 bits per heavy atom. The van der Waals surface area contributed by atoms with Crippen LogP contribution in [0.5, 0.6) is 11.5 Å². The molecule has 6 N–H and O–H groups in total. The van der Waals surface area contributed by atoms with Gasteiger partial charge in [-0.15, -0.1) is 26.3 Å². The van der Waals surface area contributed by atoms with E-state index in [4.69, 9.17) is 5.11 Å². The molecule has 0 fully saturated rings. The monoisotopic (exact) mass is 772 g/mol. The van der Waals surface area contributed by atoms with Crippen LogP contribution in [0.25, 0.3) is 44.1 Å². The van der Waals surface area contributed by atoms with E-state index in [-0.39, 0.29) is 55.4 Å². The number of ether oxygens (including phenoxy) is 2. The normalized spacial score (nSPS) is 11.6. The number of aromatic nitrogens is 2. The molecule has 0 aliphatic carbocycles. The number of H-pyrrole nitrogens is 2. The number of rotatable bonds is 12. The van der Waals surface area contributed by atoms with Gasteiger partial charge in [-0.25, -0.2) is 0 Å². The smallest absolute Gasteiger partial charge is 0.405 e. The van der Waals surface area contributed by atoms with E-state index in [1.807, 2.05) is 0 Å². The number of nitrogens with one attached hydrogen (secondary N) is 3. The van der Waals surface area contributed by atoms with Crippen LogP contribution in [0.1, 0.15) is 0 Å². The second-order valence-corrected chi connectivity index (χ2v) is 11.8. The van der Waals surface area contributed by atoms with Crippen molar-refractivity contribution in [3.8, 4) is 34.0 Å². The molecule has 0 radical (unpaired) electrons. The summed E-state index contributed by atoms with van der Waals surface area (Å²) in [4.78, 5) is 31.9. The lowest BCUT2D eigenvalue weighted by atomic mass is 10.1. The summed E-state index contributed by atoms with van der Waals surface area (Å²) in [5, 5.41) is 32.0. The van der Waals surface area contributed by atoms with Gasteiger partial charge in [0, 0.05) is 52.9 Å². The van der Waals surface area contributed by atoms with Crippen LogP contribution in [0.4, 0.5) is 37.7 Å². The lowest BCUT2D eigenvalue weighted by Gasteiger charge is -2.23. The lowest BCUT2D eigenvalue weighted by Crippen LogP contribution is -2.29. The maximum absolute atomic E-state index is 12.7. The fourth-order valence-corrected chi connectivity index (χ4v) is 5.72. The number of nitrogens with zero attached hydrogens (tertiary/aromatic N) is 1. The van der Waals surface area contributed by atoms with Crippen LogP contribution in [0.15, 0.2) is 107 Å². The summed E-state index contributed by atoms with van der Waals surface area (Å²) in [5.41, 5.74) is 1.03. The molecule has 0 spiro atoms. The van der Waals surface area contributed by atoms with Crippen LogP contribution in [0.2, 0.25) is 0 Å². The Bertz CT molecular complexity index is 2360. The number of para-hydroxylation sites is 2. The molecule has 6 rings (SSSR count). The third-order valence-electron chi connectivity index (χ3n) is 8.03. The Balaban J connectivity index is 0.000000212. The third kappa shape index (κ3) is 10.6. The minimum atomic E-state index is -4.86. The maximum atomic E-state index is 12.7. The molecule has 0 saturated carbocycles. The fourth-order valence-electron chi connectivity index (χ4n) is 5.72. The Labute approximate surface area is 308 Å². The van der Waals surface area contributed by atoms with Crippen molar-refractivity contribution in [3.05, 3.63) is 118 Å². The summed E-state index contributed by atoms with van der Waals surface area (Å²) in [7, 11) is 0. The van der Waals surface area contributed by atoms with Gasteiger partial charge in [-0.3, -0.25) is 9.59 Å². The van der Waals surface area contributed by atoms with Crippen LogP contribution >= 0.6 is 0 Å². The molecule has 2 aromatic heterocycles. The molecule has 2 heterocycles. The molecule has 290 valence electrons. The number of fused-ring (bicyclic) bond motifs is 2. The highest BCUT2D eigenvalue weighted by atomic mass is 19.4. The molecule has 0 aliphatic rings. The molecular weight excluding hydrogens is 738 g/mol. The van der Waals surface area contributed by atoms with Crippen LogP contribution in [0.3, 0.4) is 0 Å². The number of hydrogen-bond donors (Lipinski definition) is 6. The van der Waals surface area contributed by atoms with Crippen molar-refractivity contribution in [2.75, 3.05) is 49.7 Å². The highest BCUT2D eigenvalue weighted by molar-refractivity contribution is 5.89. The van der Waals surface area contributed by atoms with Crippen LogP contribution < -0.4 is 30.8 Å². The number of pyridine rings is 2. The van der Waals surface area contributed by atoms with Crippen molar-refractivity contribution >= 4 is 32.9 Å². The van der Waals surface area contributed by atoms with E-state index in [1.165, 1.54) is 36.4 Å². The number of halogens is 6. The first kappa shape index (κ1) is 40.2. The molecule has 0 unspecified atom stereocenters. The minimum absolute atomic E-state index is 0.0523. The first-order chi connectivity index (χ1) is 26.2. The first-order valence-corrected chi connectivity index (χ1v) is 16.6. The molecule has 17 heteroatoms. The van der Waals surface area contributed by atoms with Gasteiger partial charge < -0.3 is 45.0 Å². The second kappa shape index (κ2) is 17.4. The molecule has 0 saturated heterocycles. The van der Waals surface area contributed by atoms with Gasteiger partial charge in [0.1, 0.15) is 11.5 Å². The topological polar surface area (TPSA) is 160 Å². The average Bonchev–Trinajstić information content (AvgIpc) is 3.13. The summed E-state index contributed by atoms with van der Waals surface area (Å²) < 4.78 is 83.9. The zero-order chi connectivity index (χ0) is 39.8. The quantitative estimate of drug-likeness (QED) is 0.0776. The van der Waals surface area contributed by atoms with E-state index in [0.717, 1.165) is 0 Å². The summed E-state index contributed by atoms with van der Waals surface area (Å²) in [6.07, 6.45) is -9.69. The zero-order valence-electron chi connectivity index (χ0n) is 28.7. The van der Waals surface area contributed by atoms with Crippen molar-refractivity contribution < 1.29 is 51.1 Å². The fraction of sp³-hybridized carbons (Fsp3) is 0.211. The molecular formula is C38H34F6N4O7. The Kier molecular flexibility index (Phi) is 12.7. The van der Waals surface area contributed by atoms with Gasteiger partial charge in [-0.05, 0) is 71.4 Å². The SMILES string of the molecule is O=c1[nH]c(-c2ccccc2OC(F)(F)F)cc2ccc(N(CCO)CCO)cc12.O=c1[nH]c(-c2ccccc2OC(F)(F)F)cc2ccc(NCCO)cc12. The highest BCUT2D eigenvalue weighted by Gasteiger charge is 2.33. The van der Waals surface area contributed by atoms with Crippen molar-refractivity contribution in [2.24, 2.45) is 0 Å². The molecule has 4 aromatic carbocycles. The summed E-state index contributed by atoms with van der Waals surface area (Å²) in [5.74, 6) is -0.806. The predicted octanol–water partition coefficient (Wildman–Crippen LogP) is 6.38. The number of benzene rings is 4. The molecule has 0 atom stereocenters. The number of aliphatic hydroxyl groups excluding tert-OH is 3. The molecule has 6 aromatic rings. The minimum Gasteiger partial charge on any atom is -0.405 e. The highest BCUT2D eigenvalue weighted by Crippen LogP contribution is 2.35. The van der Waals surface area contributed by atoms with E-state index in [0.29, 0.717) is 39.5 Å². The van der Waals surface area contributed by atoms with E-state index in [1.54, 1.807) is 65.6 Å². The van der Waals surface area contributed by atoms with E-state index in [9.17, 15) is 46.1 Å². The standard InChI is InChI=1S/C20H19F3N2O4.C18H15F3N2O3/c21-20(22,23)29-18-4-2-1-3-15(18)17-11-13-5-6-14(12-16(13)19(28)24-17)25(7-9-26)8-10-27;19-18(20,21)26-16-4-2-1-3-13(16)15-9-11-5-6-12(22-7-8-24)10-14(11)17(25)23-15/h1-6,11-12,26-27H,7-10H2,(H,24,28);1-6,9-10,22,24H,7-8H2,(H,23,25). The predicted molar refractivity (Wildman–Crippen MR) is 195 cm³/mol. The summed E-state index contributed by atoms with van der Waals surface area (Å²) in [6.45, 7) is 0.605. The Hall–Kier alpha value is -6.04. The van der Waals surface area contributed by atoms with Crippen molar-refractivity contribution in [1.29, 1.82) is 0 Å². The van der Waals surface area contributed by atoms with Gasteiger partial charge in [-0.2, -0.15) is 0 Å². The maximum Gasteiger partial charge on any atom is 0.573 e. The van der Waals surface area contributed by atoms with Gasteiger partial charge in [0.2, 0.25) is 0 Å². The number of aliphatic hydroxyl groups is 3. The van der Waals surface area contributed by atoms with E-state index < -0.39 is 35.3 Å². The Morgan fingerprint density at radius 1 is 0.600 bits per heavy atom. The van der Waals surface area contributed by atoms with Crippen LogP contribution in [0, 0.1) is 0 Å². The van der Waals surface area contributed by atoms with Gasteiger partial charge in [0.05, 0.1) is 31.2 Å². The largest absolute Gasteiger partial charge is 0.573 e. The first-order valence-electron chi connectivity index (χ1n) is 16.6. The average molecular weight is 773 g/mol. The lowest BCUT2D eigenvalue weighted by molar-refractivity contribution is -0.275. The third-order valence-corrected chi connectivity index (χ3v) is 8.03. The number of hydrogen-bond acceptors (Lipinski definition) is 9. The molecule has 0 aliphatic heterocycles. The van der Waals surface area contributed by atoms with E-state index >= 15 is 0 Å². The Morgan fingerprint density at radius 2 is 1.07 bits per heavy atom. The van der Waals surface area contributed by atoms with Crippen molar-refractivity contribution in [3.63, 3.8) is 0 Å². The van der Waals surface area contributed by atoms with Crippen molar-refractivity contribution in [2.45, 2.75) is 12.7 Å². The van der Waals surface area contributed by atoms with Gasteiger partial charge in [-0.1, -0.05) is 36.4 Å². The molecule has 55 heavy (non-hydrogen) atoms. The van der Waals surface area contributed by atoms with Gasteiger partial charge in [0.25, 0.3) is 11.1 Å². The summed E-state index contributed by atoms with van der Waals surface area (Å²) >= 11 is 0. The second-order valence-electron chi connectivity index (χ2n) is 11.8. The molecule has 0 amide bonds. The van der Waals surface area contributed by atoms with Crippen LogP contribution in [-0.4, -0.2) is 77.5 Å². The number of anilines is 2. The van der Waals surface area contributed by atoms with E-state index in [2.05, 4.69) is 24.8 Å². The van der Waals surface area contributed by atoms with Crippen molar-refractivity contribution in [1.82, 2.24) is 9.97 Å². The summed E-state index contributed by atoms with van der Waals surface area (Å²) in [6, 6.07) is 24.3. The molecule has 11 nitrogen and oxygen atoms in total.